The number of aromatic nitrogens is 1. The Kier molecular flexibility index (Phi) is 4.40. The molecule has 1 amide bonds. The molecule has 2 N–H and O–H groups in total. The van der Waals surface area contributed by atoms with Gasteiger partial charge in [0.1, 0.15) is 0 Å². The van der Waals surface area contributed by atoms with Crippen LogP contribution in [0.25, 0.3) is 11.1 Å². The molecule has 0 atom stereocenters. The SMILES string of the molecule is Cc1c(C(N)=O)c(-c2ccccc2)c(C)n1Cc1ccc(F)c(F)c1. The summed E-state index contributed by atoms with van der Waals surface area (Å²) < 4.78 is 28.5. The number of nitrogens with two attached hydrogens (primary N) is 1. The first-order chi connectivity index (χ1) is 11.9. The molecule has 0 aliphatic rings. The Morgan fingerprint density at radius 3 is 2.28 bits per heavy atom. The van der Waals surface area contributed by atoms with Gasteiger partial charge in [-0.2, -0.15) is 0 Å². The lowest BCUT2D eigenvalue weighted by Crippen LogP contribution is -2.13. The van der Waals surface area contributed by atoms with Crippen LogP contribution in [0, 0.1) is 25.5 Å². The van der Waals surface area contributed by atoms with Crippen LogP contribution in [0.1, 0.15) is 27.3 Å². The summed E-state index contributed by atoms with van der Waals surface area (Å²) in [4.78, 5) is 12.0. The third kappa shape index (κ3) is 3.05. The molecule has 0 fully saturated rings. The van der Waals surface area contributed by atoms with Gasteiger partial charge in [0.05, 0.1) is 5.56 Å². The van der Waals surface area contributed by atoms with Gasteiger partial charge in [0, 0.05) is 23.5 Å². The molecule has 3 rings (SSSR count). The fourth-order valence-corrected chi connectivity index (χ4v) is 3.20. The fraction of sp³-hybridized carbons (Fsp3) is 0.150. The summed E-state index contributed by atoms with van der Waals surface area (Å²) >= 11 is 0. The first kappa shape index (κ1) is 16.9. The summed E-state index contributed by atoms with van der Waals surface area (Å²) in [6.07, 6.45) is 0. The number of carbonyl (C=O) groups is 1. The summed E-state index contributed by atoms with van der Waals surface area (Å²) in [7, 11) is 0. The highest BCUT2D eigenvalue weighted by atomic mass is 19.2. The van der Waals surface area contributed by atoms with Crippen molar-refractivity contribution in [3.05, 3.63) is 82.7 Å². The third-order valence-electron chi connectivity index (χ3n) is 4.42. The van der Waals surface area contributed by atoms with Crippen LogP contribution in [0.2, 0.25) is 0 Å². The van der Waals surface area contributed by atoms with Gasteiger partial charge in [-0.05, 0) is 37.1 Å². The van der Waals surface area contributed by atoms with Gasteiger partial charge in [-0.25, -0.2) is 8.78 Å². The number of carbonyl (C=O) groups excluding carboxylic acids is 1. The van der Waals surface area contributed by atoms with E-state index in [0.717, 1.165) is 22.9 Å². The Morgan fingerprint density at radius 1 is 1.00 bits per heavy atom. The monoisotopic (exact) mass is 340 g/mol. The third-order valence-corrected chi connectivity index (χ3v) is 4.42. The van der Waals surface area contributed by atoms with Crippen LogP contribution in [-0.2, 0) is 6.54 Å². The first-order valence-electron chi connectivity index (χ1n) is 7.89. The van der Waals surface area contributed by atoms with Crippen LogP contribution in [0.4, 0.5) is 8.78 Å². The van der Waals surface area contributed by atoms with Gasteiger partial charge in [-0.15, -0.1) is 0 Å². The summed E-state index contributed by atoms with van der Waals surface area (Å²) in [6.45, 7) is 4.02. The zero-order chi connectivity index (χ0) is 18.1. The van der Waals surface area contributed by atoms with Gasteiger partial charge in [0.25, 0.3) is 5.91 Å². The van der Waals surface area contributed by atoms with Crippen LogP contribution in [-0.4, -0.2) is 10.5 Å². The second-order valence-corrected chi connectivity index (χ2v) is 5.99. The minimum absolute atomic E-state index is 0.321. The van der Waals surface area contributed by atoms with Gasteiger partial charge in [-0.1, -0.05) is 36.4 Å². The molecule has 0 radical (unpaired) electrons. The summed E-state index contributed by atoms with van der Waals surface area (Å²) in [5.74, 6) is -2.28. The van der Waals surface area contributed by atoms with Gasteiger partial charge < -0.3 is 10.3 Å². The largest absolute Gasteiger partial charge is 0.366 e. The highest BCUT2D eigenvalue weighted by Crippen LogP contribution is 2.32. The highest BCUT2D eigenvalue weighted by molar-refractivity contribution is 6.02. The lowest BCUT2D eigenvalue weighted by atomic mass is 10.0. The van der Waals surface area contributed by atoms with Crippen LogP contribution in [0.3, 0.4) is 0 Å². The van der Waals surface area contributed by atoms with Crippen molar-refractivity contribution in [2.24, 2.45) is 5.73 Å². The van der Waals surface area contributed by atoms with E-state index in [1.54, 1.807) is 6.92 Å². The van der Waals surface area contributed by atoms with E-state index in [-0.39, 0.29) is 0 Å². The number of nitrogens with zero attached hydrogens (tertiary/aromatic N) is 1. The number of primary amides is 1. The average Bonchev–Trinajstić information content (AvgIpc) is 2.83. The van der Waals surface area contributed by atoms with Crippen LogP contribution >= 0.6 is 0 Å². The lowest BCUT2D eigenvalue weighted by molar-refractivity contribution is 0.1000. The Hall–Kier alpha value is -2.95. The van der Waals surface area contributed by atoms with Crippen molar-refractivity contribution in [1.82, 2.24) is 4.57 Å². The Labute approximate surface area is 144 Å². The summed E-state index contributed by atoms with van der Waals surface area (Å²) in [6, 6.07) is 13.3. The maximum Gasteiger partial charge on any atom is 0.251 e. The molecule has 128 valence electrons. The molecule has 5 heteroatoms. The van der Waals surface area contributed by atoms with E-state index in [1.807, 2.05) is 41.8 Å². The van der Waals surface area contributed by atoms with Crippen molar-refractivity contribution in [1.29, 1.82) is 0 Å². The van der Waals surface area contributed by atoms with Gasteiger partial charge in [0.15, 0.2) is 11.6 Å². The topological polar surface area (TPSA) is 48.0 Å². The average molecular weight is 340 g/mol. The van der Waals surface area contributed by atoms with Crippen molar-refractivity contribution in [3.8, 4) is 11.1 Å². The van der Waals surface area contributed by atoms with Gasteiger partial charge in [0.2, 0.25) is 0 Å². The maximum atomic E-state index is 13.5. The van der Waals surface area contributed by atoms with Gasteiger partial charge in [-0.3, -0.25) is 4.79 Å². The zero-order valence-corrected chi connectivity index (χ0v) is 14.0. The standard InChI is InChI=1S/C20H18F2N2O/c1-12-18(15-6-4-3-5-7-15)19(20(23)25)13(2)24(12)11-14-8-9-16(21)17(22)10-14/h3-10H,11H2,1-2H3,(H2,23,25). The molecule has 0 aliphatic carbocycles. The molecule has 0 saturated carbocycles. The molecule has 2 aromatic carbocycles. The van der Waals surface area contributed by atoms with Crippen molar-refractivity contribution < 1.29 is 13.6 Å². The first-order valence-corrected chi connectivity index (χ1v) is 7.89. The van der Waals surface area contributed by atoms with E-state index in [0.29, 0.717) is 23.4 Å². The second kappa shape index (κ2) is 6.51. The molecule has 3 nitrogen and oxygen atoms in total. The van der Waals surface area contributed by atoms with E-state index < -0.39 is 17.5 Å². The molecule has 0 unspecified atom stereocenters. The van der Waals surface area contributed by atoms with E-state index in [9.17, 15) is 13.6 Å². The predicted octanol–water partition coefficient (Wildman–Crippen LogP) is 4.20. The number of halogens is 2. The number of rotatable bonds is 4. The van der Waals surface area contributed by atoms with E-state index in [2.05, 4.69) is 0 Å². The van der Waals surface area contributed by atoms with E-state index >= 15 is 0 Å². The lowest BCUT2D eigenvalue weighted by Gasteiger charge is -2.10. The maximum absolute atomic E-state index is 13.5. The molecule has 0 spiro atoms. The minimum Gasteiger partial charge on any atom is -0.366 e. The van der Waals surface area contributed by atoms with E-state index in [1.165, 1.54) is 12.1 Å². The van der Waals surface area contributed by atoms with Crippen molar-refractivity contribution in [2.45, 2.75) is 20.4 Å². The summed E-state index contributed by atoms with van der Waals surface area (Å²) in [5.41, 5.74) is 9.88. The van der Waals surface area contributed by atoms with Crippen molar-refractivity contribution in [3.63, 3.8) is 0 Å². The minimum atomic E-state index is -0.890. The van der Waals surface area contributed by atoms with Crippen molar-refractivity contribution >= 4 is 5.91 Å². The molecular weight excluding hydrogens is 322 g/mol. The number of benzene rings is 2. The number of amides is 1. The normalized spacial score (nSPS) is 10.9. The quantitative estimate of drug-likeness (QED) is 0.760. The van der Waals surface area contributed by atoms with E-state index in [4.69, 9.17) is 5.73 Å². The molecule has 0 saturated heterocycles. The molecule has 1 heterocycles. The molecule has 25 heavy (non-hydrogen) atoms. The van der Waals surface area contributed by atoms with Crippen LogP contribution in [0.5, 0.6) is 0 Å². The molecule has 1 aromatic heterocycles. The Bertz CT molecular complexity index is 946. The Balaban J connectivity index is 2.15. The number of hydrogen-bond acceptors (Lipinski definition) is 1. The Morgan fingerprint density at radius 2 is 1.68 bits per heavy atom. The highest BCUT2D eigenvalue weighted by Gasteiger charge is 2.22. The van der Waals surface area contributed by atoms with Crippen LogP contribution < -0.4 is 5.73 Å². The summed E-state index contributed by atoms with van der Waals surface area (Å²) in [5, 5.41) is 0. The molecule has 0 aliphatic heterocycles. The zero-order valence-electron chi connectivity index (χ0n) is 14.0. The number of hydrogen-bond donors (Lipinski definition) is 1. The van der Waals surface area contributed by atoms with Gasteiger partial charge >= 0.3 is 0 Å². The predicted molar refractivity (Wildman–Crippen MR) is 93.3 cm³/mol. The smallest absolute Gasteiger partial charge is 0.251 e. The van der Waals surface area contributed by atoms with Crippen molar-refractivity contribution in [2.75, 3.05) is 0 Å². The molecule has 3 aromatic rings. The molecule has 0 bridgehead atoms. The second-order valence-electron chi connectivity index (χ2n) is 5.99. The molecular formula is C20H18F2N2O. The van der Waals surface area contributed by atoms with Crippen LogP contribution in [0.15, 0.2) is 48.5 Å². The fourth-order valence-electron chi connectivity index (χ4n) is 3.20.